The van der Waals surface area contributed by atoms with Crippen LogP contribution < -0.4 is 5.32 Å². The molecule has 3 atom stereocenters. The molecule has 2 saturated heterocycles. The summed E-state index contributed by atoms with van der Waals surface area (Å²) in [5.74, 6) is 0.807. The fraction of sp³-hybridized carbons (Fsp3) is 0.733. The topological polar surface area (TPSA) is 54.5 Å². The highest BCUT2D eigenvalue weighted by Crippen LogP contribution is 2.34. The fourth-order valence-electron chi connectivity index (χ4n) is 3.38. The molecule has 1 N–H and O–H groups in total. The highest BCUT2D eigenvalue weighted by atomic mass is 32.1. The number of nitrogens with zero attached hydrogens (tertiary/aromatic N) is 2. The average molecular weight is 307 g/mol. The zero-order valence-corrected chi connectivity index (χ0v) is 12.8. The lowest BCUT2D eigenvalue weighted by atomic mass is 10.1. The molecular weight excluding hydrogens is 286 g/mol. The Labute approximate surface area is 128 Å². The first-order valence-electron chi connectivity index (χ1n) is 7.85. The van der Waals surface area contributed by atoms with Gasteiger partial charge >= 0.3 is 0 Å². The van der Waals surface area contributed by atoms with E-state index in [2.05, 4.69) is 15.2 Å². The number of hydrogen-bond acceptors (Lipinski definition) is 5. The monoisotopic (exact) mass is 307 g/mol. The number of carbonyl (C=O) groups excluding carboxylic acids is 1. The molecule has 1 aliphatic carbocycles. The van der Waals surface area contributed by atoms with Gasteiger partial charge in [0.1, 0.15) is 11.1 Å². The van der Waals surface area contributed by atoms with Gasteiger partial charge in [-0.25, -0.2) is 4.98 Å². The predicted octanol–water partition coefficient (Wildman–Crippen LogP) is 1.40. The number of thiazole rings is 1. The van der Waals surface area contributed by atoms with Crippen LogP contribution in [-0.4, -0.2) is 47.1 Å². The Morgan fingerprint density at radius 3 is 3.14 bits per heavy atom. The molecule has 3 aliphatic rings. The van der Waals surface area contributed by atoms with Gasteiger partial charge in [-0.1, -0.05) is 0 Å². The second-order valence-corrected chi connectivity index (χ2v) is 7.32. The number of hydrogen-bond donors (Lipinski definition) is 1. The predicted molar refractivity (Wildman–Crippen MR) is 79.9 cm³/mol. The number of fused-ring (bicyclic) bond motifs is 1. The van der Waals surface area contributed by atoms with Crippen LogP contribution in [0.3, 0.4) is 0 Å². The maximum atomic E-state index is 12.2. The molecule has 0 bridgehead atoms. The Morgan fingerprint density at radius 1 is 1.48 bits per heavy atom. The van der Waals surface area contributed by atoms with Gasteiger partial charge < -0.3 is 10.1 Å². The van der Waals surface area contributed by atoms with Crippen molar-refractivity contribution in [2.24, 2.45) is 5.92 Å². The molecule has 3 fully saturated rings. The molecule has 0 radical (unpaired) electrons. The third kappa shape index (κ3) is 2.98. The van der Waals surface area contributed by atoms with Crippen molar-refractivity contribution in [1.82, 2.24) is 15.2 Å². The van der Waals surface area contributed by atoms with Crippen molar-refractivity contribution in [2.75, 3.05) is 13.1 Å². The van der Waals surface area contributed by atoms with Crippen molar-refractivity contribution >= 4 is 17.2 Å². The maximum absolute atomic E-state index is 12.2. The molecular formula is C15H21N3O2S. The summed E-state index contributed by atoms with van der Waals surface area (Å²) in [6.07, 6.45) is 6.21. The van der Waals surface area contributed by atoms with Gasteiger partial charge in [0, 0.05) is 37.1 Å². The molecule has 2 aliphatic heterocycles. The van der Waals surface area contributed by atoms with Crippen LogP contribution in [0, 0.1) is 5.92 Å². The summed E-state index contributed by atoms with van der Waals surface area (Å²) in [5.41, 5.74) is 0. The first-order valence-corrected chi connectivity index (χ1v) is 8.73. The van der Waals surface area contributed by atoms with Crippen LogP contribution in [0.4, 0.5) is 0 Å². The molecule has 3 heterocycles. The number of aromatic nitrogens is 1. The number of likely N-dealkylation sites (tertiary alicyclic amines) is 1. The van der Waals surface area contributed by atoms with Crippen LogP contribution in [0.1, 0.15) is 30.7 Å². The van der Waals surface area contributed by atoms with Gasteiger partial charge in [-0.15, -0.1) is 11.3 Å². The largest absolute Gasteiger partial charge is 0.363 e. The van der Waals surface area contributed by atoms with E-state index in [-0.39, 0.29) is 18.1 Å². The number of nitrogens with one attached hydrogen (secondary N) is 1. The summed E-state index contributed by atoms with van der Waals surface area (Å²) < 4.78 is 5.98. The molecule has 114 valence electrons. The molecule has 1 aromatic heterocycles. The van der Waals surface area contributed by atoms with E-state index < -0.39 is 0 Å². The summed E-state index contributed by atoms with van der Waals surface area (Å²) in [6.45, 7) is 2.76. The molecule has 0 spiro atoms. The van der Waals surface area contributed by atoms with E-state index in [1.54, 1.807) is 11.3 Å². The van der Waals surface area contributed by atoms with Crippen molar-refractivity contribution < 1.29 is 9.53 Å². The molecule has 0 unspecified atom stereocenters. The number of rotatable bonds is 5. The molecule has 1 amide bonds. The summed E-state index contributed by atoms with van der Waals surface area (Å²) in [5, 5.41) is 6.21. The Hall–Kier alpha value is -0.980. The third-order valence-electron chi connectivity index (χ3n) is 4.77. The van der Waals surface area contributed by atoms with Crippen LogP contribution >= 0.6 is 11.3 Å². The van der Waals surface area contributed by atoms with Crippen LogP contribution in [-0.2, 0) is 16.1 Å². The minimum Gasteiger partial charge on any atom is -0.363 e. The molecule has 1 saturated carbocycles. The highest BCUT2D eigenvalue weighted by Gasteiger charge is 2.45. The van der Waals surface area contributed by atoms with Crippen molar-refractivity contribution in [3.8, 4) is 0 Å². The van der Waals surface area contributed by atoms with Crippen LogP contribution in [0.2, 0.25) is 0 Å². The second kappa shape index (κ2) is 5.66. The van der Waals surface area contributed by atoms with E-state index in [9.17, 15) is 4.79 Å². The van der Waals surface area contributed by atoms with E-state index >= 15 is 0 Å². The fourth-order valence-corrected chi connectivity index (χ4v) is 4.02. The van der Waals surface area contributed by atoms with Crippen molar-refractivity contribution in [3.05, 3.63) is 16.6 Å². The van der Waals surface area contributed by atoms with Gasteiger partial charge in [0.25, 0.3) is 0 Å². The Balaban J connectivity index is 1.32. The SMILES string of the molecule is O=C(NCC1CC1)[C@@H]1C[C@H]2[C@H](CCN2Cc2nccs2)O1. The quantitative estimate of drug-likeness (QED) is 0.893. The molecule has 5 nitrogen and oxygen atoms in total. The van der Waals surface area contributed by atoms with Gasteiger partial charge in [-0.05, 0) is 25.2 Å². The highest BCUT2D eigenvalue weighted by molar-refractivity contribution is 7.09. The van der Waals surface area contributed by atoms with E-state index in [0.717, 1.165) is 43.4 Å². The first kappa shape index (κ1) is 13.7. The average Bonchev–Trinajstić information content (AvgIpc) is 2.90. The van der Waals surface area contributed by atoms with Crippen molar-refractivity contribution in [3.63, 3.8) is 0 Å². The summed E-state index contributed by atoms with van der Waals surface area (Å²) >= 11 is 1.70. The number of ether oxygens (including phenoxy) is 1. The normalized spacial score (nSPS) is 32.3. The third-order valence-corrected chi connectivity index (χ3v) is 5.53. The minimum atomic E-state index is -0.252. The summed E-state index contributed by atoms with van der Waals surface area (Å²) in [4.78, 5) is 19.0. The smallest absolute Gasteiger partial charge is 0.249 e. The number of carbonyl (C=O) groups is 1. The minimum absolute atomic E-state index is 0.0884. The lowest BCUT2D eigenvalue weighted by Gasteiger charge is -2.21. The van der Waals surface area contributed by atoms with Gasteiger partial charge in [0.2, 0.25) is 5.91 Å². The van der Waals surface area contributed by atoms with Gasteiger partial charge in [0.05, 0.1) is 12.6 Å². The van der Waals surface area contributed by atoms with Crippen LogP contribution in [0.5, 0.6) is 0 Å². The number of amides is 1. The molecule has 0 aromatic carbocycles. The van der Waals surface area contributed by atoms with Crippen LogP contribution in [0.25, 0.3) is 0 Å². The van der Waals surface area contributed by atoms with Crippen molar-refractivity contribution in [2.45, 2.75) is 50.5 Å². The van der Waals surface area contributed by atoms with Gasteiger partial charge in [0.15, 0.2) is 0 Å². The Morgan fingerprint density at radius 2 is 2.38 bits per heavy atom. The van der Waals surface area contributed by atoms with Gasteiger partial charge in [-0.2, -0.15) is 0 Å². The van der Waals surface area contributed by atoms with E-state index in [1.807, 2.05) is 11.6 Å². The summed E-state index contributed by atoms with van der Waals surface area (Å²) in [7, 11) is 0. The first-order chi connectivity index (χ1) is 10.3. The Kier molecular flexibility index (Phi) is 3.69. The van der Waals surface area contributed by atoms with E-state index in [4.69, 9.17) is 4.74 Å². The Bertz CT molecular complexity index is 503. The lowest BCUT2D eigenvalue weighted by Crippen LogP contribution is -2.37. The molecule has 6 heteroatoms. The van der Waals surface area contributed by atoms with Gasteiger partial charge in [-0.3, -0.25) is 9.69 Å². The zero-order valence-electron chi connectivity index (χ0n) is 12.0. The van der Waals surface area contributed by atoms with E-state index in [0.29, 0.717) is 6.04 Å². The molecule has 21 heavy (non-hydrogen) atoms. The van der Waals surface area contributed by atoms with Crippen molar-refractivity contribution in [1.29, 1.82) is 0 Å². The van der Waals surface area contributed by atoms with E-state index in [1.165, 1.54) is 12.8 Å². The zero-order chi connectivity index (χ0) is 14.2. The second-order valence-electron chi connectivity index (χ2n) is 6.34. The van der Waals surface area contributed by atoms with Crippen LogP contribution in [0.15, 0.2) is 11.6 Å². The summed E-state index contributed by atoms with van der Waals surface area (Å²) in [6, 6.07) is 0.380. The standard InChI is InChI=1S/C15H21N3O2S/c19-15(17-8-10-1-2-10)13-7-11-12(20-13)3-5-18(11)9-14-16-4-6-21-14/h4,6,10-13H,1-3,5,7-9H2,(H,17,19)/t11-,12-,13-/m0/s1. The lowest BCUT2D eigenvalue weighted by molar-refractivity contribution is -0.132. The molecule has 1 aromatic rings. The maximum Gasteiger partial charge on any atom is 0.249 e. The molecule has 4 rings (SSSR count).